The molecule has 2 fully saturated rings. The number of carbonyl (C=O) groups is 1. The Morgan fingerprint density at radius 3 is 2.71 bits per heavy atom. The van der Waals surface area contributed by atoms with Gasteiger partial charge in [-0.05, 0) is 20.0 Å². The van der Waals surface area contributed by atoms with Gasteiger partial charge in [0.25, 0.3) is 0 Å². The van der Waals surface area contributed by atoms with Gasteiger partial charge in [0.15, 0.2) is 17.9 Å². The Kier molecular flexibility index (Phi) is 8.15. The molecule has 11 heteroatoms. The summed E-state index contributed by atoms with van der Waals surface area (Å²) >= 11 is 0. The summed E-state index contributed by atoms with van der Waals surface area (Å²) in [4.78, 5) is 14.8. The average molecular weight is 440 g/mol. The van der Waals surface area contributed by atoms with E-state index in [1.54, 1.807) is 6.07 Å². The van der Waals surface area contributed by atoms with Gasteiger partial charge in [-0.25, -0.2) is 4.39 Å². The molecule has 1 atom stereocenters. The van der Waals surface area contributed by atoms with Crippen molar-refractivity contribution in [1.82, 2.24) is 5.16 Å². The summed E-state index contributed by atoms with van der Waals surface area (Å²) in [6, 6.07) is 1.74. The van der Waals surface area contributed by atoms with Gasteiger partial charge in [-0.1, -0.05) is 5.16 Å². The molecule has 2 aliphatic heterocycles. The molecule has 1 unspecified atom stereocenters. The molecule has 31 heavy (non-hydrogen) atoms. The molecule has 2 aromatic rings. The van der Waals surface area contributed by atoms with E-state index in [1.165, 1.54) is 19.1 Å². The fourth-order valence-corrected chi connectivity index (χ4v) is 3.70. The van der Waals surface area contributed by atoms with Crippen LogP contribution in [0.15, 0.2) is 10.6 Å². The molecule has 0 radical (unpaired) electrons. The van der Waals surface area contributed by atoms with E-state index in [2.05, 4.69) is 10.9 Å². The van der Waals surface area contributed by atoms with Crippen molar-refractivity contribution in [3.63, 3.8) is 0 Å². The van der Waals surface area contributed by atoms with E-state index < -0.39 is 12.1 Å². The fraction of sp³-hybridized carbons (Fsp3) is 0.600. The van der Waals surface area contributed by atoms with E-state index in [9.17, 15) is 4.79 Å². The van der Waals surface area contributed by atoms with Crippen LogP contribution >= 0.6 is 0 Å². The summed E-state index contributed by atoms with van der Waals surface area (Å²) in [6.07, 6.45) is -0.121. The summed E-state index contributed by atoms with van der Waals surface area (Å²) < 4.78 is 42.9. The maximum absolute atomic E-state index is 15.7. The number of morpholine rings is 1. The van der Waals surface area contributed by atoms with Gasteiger partial charge in [0.1, 0.15) is 0 Å². The number of aromatic nitrogens is 1. The third-order valence-electron chi connectivity index (χ3n) is 5.06. The first-order chi connectivity index (χ1) is 15.1. The van der Waals surface area contributed by atoms with Gasteiger partial charge in [0.05, 0.1) is 50.1 Å². The first-order valence-corrected chi connectivity index (χ1v) is 10.1. The summed E-state index contributed by atoms with van der Waals surface area (Å²) in [6.45, 7) is 4.90. The lowest BCUT2D eigenvalue weighted by molar-refractivity contribution is -0.107. The lowest BCUT2D eigenvalue weighted by Gasteiger charge is -2.34. The Morgan fingerprint density at radius 2 is 2.06 bits per heavy atom. The number of fused-ring (bicyclic) bond motifs is 1. The number of amides is 1. The number of methoxy groups -OCH3 is 1. The molecular formula is C20H29FN4O6. The first kappa shape index (κ1) is 23.4. The van der Waals surface area contributed by atoms with Gasteiger partial charge in [0, 0.05) is 25.8 Å². The van der Waals surface area contributed by atoms with E-state index in [0.717, 1.165) is 0 Å². The zero-order chi connectivity index (χ0) is 22.4. The highest BCUT2D eigenvalue weighted by Crippen LogP contribution is 2.41. The van der Waals surface area contributed by atoms with Crippen LogP contribution in [-0.4, -0.2) is 77.9 Å². The Balaban J connectivity index is 0.00000132. The SMILES string of the molecule is CN.COCCN(C=O)c1noc2c(F)c(N3CCOC(C)C3)c(C3OCCO3)cc12. The summed E-state index contributed by atoms with van der Waals surface area (Å²) in [7, 11) is 3.03. The average Bonchev–Trinajstić information content (AvgIpc) is 3.46. The second-order valence-corrected chi connectivity index (χ2v) is 7.00. The molecule has 1 aromatic heterocycles. The van der Waals surface area contributed by atoms with Gasteiger partial charge in [-0.2, -0.15) is 0 Å². The fourth-order valence-electron chi connectivity index (χ4n) is 3.70. The minimum atomic E-state index is -0.701. The van der Waals surface area contributed by atoms with E-state index in [4.69, 9.17) is 23.5 Å². The first-order valence-electron chi connectivity index (χ1n) is 10.1. The zero-order valence-electron chi connectivity index (χ0n) is 18.0. The quantitative estimate of drug-likeness (QED) is 0.639. The van der Waals surface area contributed by atoms with Crippen LogP contribution in [0.5, 0.6) is 0 Å². The van der Waals surface area contributed by atoms with Crippen LogP contribution < -0.4 is 15.5 Å². The number of halogens is 1. The molecule has 172 valence electrons. The Hall–Kier alpha value is -2.31. The third-order valence-corrected chi connectivity index (χ3v) is 5.06. The molecule has 0 spiro atoms. The number of carbonyl (C=O) groups excluding carboxylic acids is 1. The van der Waals surface area contributed by atoms with Crippen molar-refractivity contribution in [2.75, 3.05) is 70.0 Å². The molecule has 0 aliphatic carbocycles. The number of hydrogen-bond donors (Lipinski definition) is 1. The van der Waals surface area contributed by atoms with Gasteiger partial charge in [0.2, 0.25) is 12.0 Å². The molecule has 0 saturated carbocycles. The standard InChI is InChI=1S/C19H24FN3O6.CH5N/c1-12-10-22(4-6-26-12)16-13(19-27-7-8-28-19)9-14-17(15(16)20)29-21-18(14)23(11-24)3-5-25-2;1-2/h9,11-12,19H,3-8,10H2,1-2H3;2H2,1H3. The largest absolute Gasteiger partial charge is 0.383 e. The third kappa shape index (κ3) is 4.80. The van der Waals surface area contributed by atoms with Crippen LogP contribution in [0.2, 0.25) is 0 Å². The van der Waals surface area contributed by atoms with Crippen molar-refractivity contribution < 1.29 is 32.7 Å². The van der Waals surface area contributed by atoms with Gasteiger partial charge in [-0.3, -0.25) is 9.69 Å². The van der Waals surface area contributed by atoms with Crippen molar-refractivity contribution in [2.45, 2.75) is 19.3 Å². The summed E-state index contributed by atoms with van der Waals surface area (Å²) in [5.41, 5.74) is 5.39. The Bertz CT molecular complexity index is 873. The molecular weight excluding hydrogens is 411 g/mol. The molecule has 10 nitrogen and oxygen atoms in total. The predicted molar refractivity (Wildman–Crippen MR) is 112 cm³/mol. The maximum atomic E-state index is 15.7. The highest BCUT2D eigenvalue weighted by atomic mass is 19.1. The predicted octanol–water partition coefficient (Wildman–Crippen LogP) is 1.42. The molecule has 1 amide bonds. The van der Waals surface area contributed by atoms with Gasteiger partial charge >= 0.3 is 0 Å². The van der Waals surface area contributed by atoms with Crippen molar-refractivity contribution >= 4 is 28.9 Å². The van der Waals surface area contributed by atoms with Crippen LogP contribution in [0.25, 0.3) is 11.0 Å². The number of anilines is 2. The molecule has 0 bridgehead atoms. The molecule has 1 aromatic carbocycles. The minimum Gasteiger partial charge on any atom is -0.383 e. The number of hydrogen-bond acceptors (Lipinski definition) is 9. The summed E-state index contributed by atoms with van der Waals surface area (Å²) in [5.74, 6) is -0.325. The van der Waals surface area contributed by atoms with E-state index >= 15 is 4.39 Å². The minimum absolute atomic E-state index is 0.0137. The van der Waals surface area contributed by atoms with Crippen LogP contribution in [0.1, 0.15) is 18.8 Å². The van der Waals surface area contributed by atoms with E-state index in [0.29, 0.717) is 62.6 Å². The smallest absolute Gasteiger partial charge is 0.215 e. The van der Waals surface area contributed by atoms with Crippen molar-refractivity contribution in [3.8, 4) is 0 Å². The highest BCUT2D eigenvalue weighted by molar-refractivity contribution is 5.96. The van der Waals surface area contributed by atoms with E-state index in [1.807, 2.05) is 11.8 Å². The number of nitrogens with two attached hydrogens (primary N) is 1. The molecule has 2 aliphatic rings. The van der Waals surface area contributed by atoms with Crippen molar-refractivity contribution in [1.29, 1.82) is 0 Å². The number of benzene rings is 1. The number of nitrogens with zero attached hydrogens (tertiary/aromatic N) is 3. The normalized spacial score (nSPS) is 19.4. The highest BCUT2D eigenvalue weighted by Gasteiger charge is 2.32. The van der Waals surface area contributed by atoms with Crippen molar-refractivity contribution in [3.05, 3.63) is 17.4 Å². The monoisotopic (exact) mass is 440 g/mol. The molecule has 3 heterocycles. The van der Waals surface area contributed by atoms with Crippen LogP contribution in [0, 0.1) is 5.82 Å². The second-order valence-electron chi connectivity index (χ2n) is 7.00. The van der Waals surface area contributed by atoms with Crippen LogP contribution in [0.4, 0.5) is 15.9 Å². The van der Waals surface area contributed by atoms with Crippen LogP contribution in [0.3, 0.4) is 0 Å². The summed E-state index contributed by atoms with van der Waals surface area (Å²) in [5, 5.41) is 4.33. The topological polar surface area (TPSA) is 113 Å². The Labute approximate surface area is 179 Å². The number of rotatable bonds is 7. The van der Waals surface area contributed by atoms with Gasteiger partial charge < -0.3 is 34.1 Å². The lowest BCUT2D eigenvalue weighted by Crippen LogP contribution is -2.42. The van der Waals surface area contributed by atoms with Crippen molar-refractivity contribution in [2.24, 2.45) is 5.73 Å². The van der Waals surface area contributed by atoms with Gasteiger partial charge in [-0.15, -0.1) is 0 Å². The lowest BCUT2D eigenvalue weighted by atomic mass is 10.1. The second kappa shape index (κ2) is 10.8. The Morgan fingerprint density at radius 1 is 1.32 bits per heavy atom. The zero-order valence-corrected chi connectivity index (χ0v) is 18.0. The van der Waals surface area contributed by atoms with Crippen LogP contribution in [-0.2, 0) is 23.7 Å². The number of ether oxygens (including phenoxy) is 4. The molecule has 2 N–H and O–H groups in total. The van der Waals surface area contributed by atoms with E-state index in [-0.39, 0.29) is 24.0 Å². The molecule has 2 saturated heterocycles. The maximum Gasteiger partial charge on any atom is 0.215 e. The molecule has 4 rings (SSSR count).